The minimum Gasteiger partial charge on any atom is -0.346 e. The molecule has 0 saturated heterocycles. The molecule has 0 bridgehead atoms. The normalized spacial score (nSPS) is 11.0. The maximum Gasteiger partial charge on any atom is 0.250 e. The maximum absolute atomic E-state index is 13.6. The van der Waals surface area contributed by atoms with E-state index in [-0.39, 0.29) is 11.4 Å². The number of hydrogen-bond acceptors (Lipinski definition) is 1. The second-order valence-electron chi connectivity index (χ2n) is 4.41. The molecule has 0 aliphatic heterocycles. The molecule has 0 fully saturated rings. The Bertz CT molecular complexity index is 773. The van der Waals surface area contributed by atoms with Crippen LogP contribution in [0.2, 0.25) is 0 Å². The zero-order valence-corrected chi connectivity index (χ0v) is 10.3. The lowest BCUT2D eigenvalue weighted by molar-refractivity contribution is 0.576. The third-order valence-corrected chi connectivity index (χ3v) is 3.24. The van der Waals surface area contributed by atoms with Gasteiger partial charge in [0.2, 0.25) is 0 Å². The largest absolute Gasteiger partial charge is 0.346 e. The molecule has 0 unspecified atom stereocenters. The first-order chi connectivity index (χ1) is 9.25. The number of benzene rings is 1. The van der Waals surface area contributed by atoms with E-state index in [1.807, 2.05) is 22.9 Å². The van der Waals surface area contributed by atoms with Crippen LogP contribution in [0.1, 0.15) is 0 Å². The number of aromatic nitrogens is 2. The van der Waals surface area contributed by atoms with Gasteiger partial charge in [-0.15, -0.1) is 0 Å². The van der Waals surface area contributed by atoms with Crippen molar-refractivity contribution < 1.29 is 4.39 Å². The molecule has 0 aliphatic carbocycles. The van der Waals surface area contributed by atoms with E-state index >= 15 is 0 Å². The van der Waals surface area contributed by atoms with Crippen molar-refractivity contribution in [1.29, 1.82) is 0 Å². The van der Waals surface area contributed by atoms with E-state index in [1.165, 1.54) is 12.1 Å². The topological polar surface area (TPSA) is 26.9 Å². The van der Waals surface area contributed by atoms with Crippen molar-refractivity contribution in [2.24, 2.45) is 0 Å². The highest BCUT2D eigenvalue weighted by Crippen LogP contribution is 2.18. The maximum atomic E-state index is 13.6. The Kier molecular flexibility index (Phi) is 2.91. The highest BCUT2D eigenvalue weighted by molar-refractivity contribution is 5.80. The van der Waals surface area contributed by atoms with Gasteiger partial charge in [-0.05, 0) is 24.3 Å². The molecule has 1 aromatic carbocycles. The lowest BCUT2D eigenvalue weighted by Crippen LogP contribution is -2.20. The Morgan fingerprint density at radius 3 is 2.58 bits per heavy atom. The van der Waals surface area contributed by atoms with E-state index in [4.69, 9.17) is 0 Å². The van der Waals surface area contributed by atoms with Gasteiger partial charge >= 0.3 is 0 Å². The molecule has 3 rings (SSSR count). The summed E-state index contributed by atoms with van der Waals surface area (Å²) in [5.41, 5.74) is 0.828. The van der Waals surface area contributed by atoms with E-state index in [0.717, 1.165) is 5.52 Å². The van der Waals surface area contributed by atoms with Crippen LogP contribution in [-0.2, 0) is 13.1 Å². The molecule has 19 heavy (non-hydrogen) atoms. The summed E-state index contributed by atoms with van der Waals surface area (Å²) in [7, 11) is 0. The molecule has 3 nitrogen and oxygen atoms in total. The summed E-state index contributed by atoms with van der Waals surface area (Å²) in [6, 6.07) is 11.9. The quantitative estimate of drug-likeness (QED) is 0.707. The van der Waals surface area contributed by atoms with Crippen molar-refractivity contribution in [3.05, 3.63) is 71.0 Å². The third-order valence-electron chi connectivity index (χ3n) is 3.24. The molecule has 4 heteroatoms. The van der Waals surface area contributed by atoms with Gasteiger partial charge in [-0.25, -0.2) is 4.39 Å². The van der Waals surface area contributed by atoms with E-state index in [2.05, 4.69) is 0 Å². The van der Waals surface area contributed by atoms with Crippen molar-refractivity contribution in [2.45, 2.75) is 13.1 Å². The molecule has 0 radical (unpaired) electrons. The standard InChI is InChI=1S/C15H13FN2O/c16-13-4-3-5-14-12(13)7-9-17(14)10-11-18-8-2-1-6-15(18)19/h1-9H,10-11H2. The summed E-state index contributed by atoms with van der Waals surface area (Å²) in [5.74, 6) is -0.215. The second-order valence-corrected chi connectivity index (χ2v) is 4.41. The zero-order chi connectivity index (χ0) is 13.2. The van der Waals surface area contributed by atoms with Crippen molar-refractivity contribution >= 4 is 10.9 Å². The van der Waals surface area contributed by atoms with E-state index in [0.29, 0.717) is 18.5 Å². The lowest BCUT2D eigenvalue weighted by atomic mass is 10.2. The Balaban J connectivity index is 1.89. The van der Waals surface area contributed by atoms with Crippen LogP contribution in [0.4, 0.5) is 4.39 Å². The average molecular weight is 256 g/mol. The summed E-state index contributed by atoms with van der Waals surface area (Å²) in [4.78, 5) is 11.6. The number of nitrogens with zero attached hydrogens (tertiary/aromatic N) is 2. The monoisotopic (exact) mass is 256 g/mol. The number of pyridine rings is 1. The number of halogens is 1. The van der Waals surface area contributed by atoms with E-state index < -0.39 is 0 Å². The third kappa shape index (κ3) is 2.17. The first-order valence-electron chi connectivity index (χ1n) is 6.14. The number of rotatable bonds is 3. The Morgan fingerprint density at radius 2 is 1.74 bits per heavy atom. The van der Waals surface area contributed by atoms with Crippen LogP contribution < -0.4 is 5.56 Å². The fourth-order valence-electron chi connectivity index (χ4n) is 2.24. The highest BCUT2D eigenvalue weighted by Gasteiger charge is 2.05. The first kappa shape index (κ1) is 11.7. The molecule has 0 saturated carbocycles. The molecular formula is C15H13FN2O. The fourth-order valence-corrected chi connectivity index (χ4v) is 2.24. The molecule has 0 N–H and O–H groups in total. The zero-order valence-electron chi connectivity index (χ0n) is 10.3. The van der Waals surface area contributed by atoms with Crippen molar-refractivity contribution in [2.75, 3.05) is 0 Å². The molecule has 2 heterocycles. The molecule has 2 aromatic heterocycles. The second kappa shape index (κ2) is 4.72. The van der Waals surface area contributed by atoms with Crippen LogP contribution >= 0.6 is 0 Å². The molecule has 0 aliphatic rings. The highest BCUT2D eigenvalue weighted by atomic mass is 19.1. The average Bonchev–Trinajstić information content (AvgIpc) is 2.83. The number of fused-ring (bicyclic) bond motifs is 1. The van der Waals surface area contributed by atoms with E-state index in [9.17, 15) is 9.18 Å². The van der Waals surface area contributed by atoms with Gasteiger partial charge in [-0.3, -0.25) is 4.79 Å². The summed E-state index contributed by atoms with van der Waals surface area (Å²) < 4.78 is 17.2. The van der Waals surface area contributed by atoms with Crippen LogP contribution in [0.25, 0.3) is 10.9 Å². The summed E-state index contributed by atoms with van der Waals surface area (Å²) in [5, 5.41) is 0.614. The SMILES string of the molecule is O=c1ccccn1CCn1ccc2c(F)cccc21. The van der Waals surface area contributed by atoms with Gasteiger partial charge in [-0.1, -0.05) is 12.1 Å². The van der Waals surface area contributed by atoms with Gasteiger partial charge in [0.1, 0.15) is 5.82 Å². The summed E-state index contributed by atoms with van der Waals surface area (Å²) >= 11 is 0. The van der Waals surface area contributed by atoms with Gasteiger partial charge in [-0.2, -0.15) is 0 Å². The van der Waals surface area contributed by atoms with Gasteiger partial charge < -0.3 is 9.13 Å². The van der Waals surface area contributed by atoms with Crippen LogP contribution in [0.3, 0.4) is 0 Å². The molecular weight excluding hydrogens is 243 g/mol. The van der Waals surface area contributed by atoms with Crippen molar-refractivity contribution in [3.8, 4) is 0 Å². The molecule has 96 valence electrons. The summed E-state index contributed by atoms with van der Waals surface area (Å²) in [6.45, 7) is 1.21. The van der Waals surface area contributed by atoms with Crippen molar-refractivity contribution in [3.63, 3.8) is 0 Å². The van der Waals surface area contributed by atoms with Gasteiger partial charge in [0, 0.05) is 36.9 Å². The van der Waals surface area contributed by atoms with Crippen LogP contribution in [-0.4, -0.2) is 9.13 Å². The minimum absolute atomic E-state index is 0.0230. The van der Waals surface area contributed by atoms with Crippen LogP contribution in [0.5, 0.6) is 0 Å². The Morgan fingerprint density at radius 1 is 0.895 bits per heavy atom. The number of hydrogen-bond donors (Lipinski definition) is 0. The smallest absolute Gasteiger partial charge is 0.250 e. The molecule has 0 atom stereocenters. The van der Waals surface area contributed by atoms with Gasteiger partial charge in [0.25, 0.3) is 5.56 Å². The van der Waals surface area contributed by atoms with Gasteiger partial charge in [0.05, 0.1) is 5.52 Å². The lowest BCUT2D eigenvalue weighted by Gasteiger charge is -2.07. The van der Waals surface area contributed by atoms with E-state index in [1.54, 1.807) is 29.0 Å². The first-order valence-corrected chi connectivity index (χ1v) is 6.14. The van der Waals surface area contributed by atoms with Crippen molar-refractivity contribution in [1.82, 2.24) is 9.13 Å². The number of aryl methyl sites for hydroxylation is 2. The minimum atomic E-state index is -0.215. The fraction of sp³-hybridized carbons (Fsp3) is 0.133. The van der Waals surface area contributed by atoms with Crippen LogP contribution in [0, 0.1) is 5.82 Å². The predicted molar refractivity (Wildman–Crippen MR) is 72.6 cm³/mol. The molecule has 0 spiro atoms. The van der Waals surface area contributed by atoms with Gasteiger partial charge in [0.15, 0.2) is 0 Å². The molecule has 3 aromatic rings. The Labute approximate surface area is 109 Å². The Hall–Kier alpha value is -2.36. The molecule has 0 amide bonds. The predicted octanol–water partition coefficient (Wildman–Crippen LogP) is 2.64. The van der Waals surface area contributed by atoms with Crippen LogP contribution in [0.15, 0.2) is 59.7 Å². The summed E-state index contributed by atoms with van der Waals surface area (Å²) in [6.07, 6.45) is 3.61.